The molecule has 1 atom stereocenters. The minimum atomic E-state index is -0.526. The molecule has 0 saturated carbocycles. The maximum absolute atomic E-state index is 12.3. The first-order chi connectivity index (χ1) is 12.2. The minimum Gasteiger partial charge on any atom is -0.497 e. The summed E-state index contributed by atoms with van der Waals surface area (Å²) in [5.41, 5.74) is 10.0. The molecule has 0 unspecified atom stereocenters. The predicted octanol–water partition coefficient (Wildman–Crippen LogP) is 2.77. The maximum atomic E-state index is 12.3. The van der Waals surface area contributed by atoms with Gasteiger partial charge < -0.3 is 15.5 Å². The number of carbonyl (C=O) groups is 1. The van der Waals surface area contributed by atoms with Gasteiger partial charge >= 0.3 is 0 Å². The smallest absolute Gasteiger partial charge is 0.154 e. The van der Waals surface area contributed by atoms with Crippen LogP contribution in [0.15, 0.2) is 61.1 Å². The number of methoxy groups -OCH3 is 1. The molecule has 0 spiro atoms. The molecule has 5 nitrogen and oxygen atoms in total. The van der Waals surface area contributed by atoms with Crippen molar-refractivity contribution in [2.45, 2.75) is 18.9 Å². The number of Topliss-reactive ketones (excluding diaryl/α,β-unsaturated/α-hetero) is 1. The molecular weight excluding hydrogens is 314 g/mol. The molecule has 0 bridgehead atoms. The van der Waals surface area contributed by atoms with E-state index >= 15 is 0 Å². The zero-order valence-corrected chi connectivity index (χ0v) is 14.1. The Labute approximate surface area is 146 Å². The van der Waals surface area contributed by atoms with Crippen molar-refractivity contribution >= 4 is 5.78 Å². The van der Waals surface area contributed by atoms with Crippen LogP contribution >= 0.6 is 0 Å². The highest BCUT2D eigenvalue weighted by Crippen LogP contribution is 2.23. The van der Waals surface area contributed by atoms with Gasteiger partial charge in [-0.05, 0) is 28.8 Å². The second-order valence-electron chi connectivity index (χ2n) is 5.96. The molecule has 0 radical (unpaired) electrons. The molecule has 25 heavy (non-hydrogen) atoms. The molecule has 3 N–H and O–H groups in total. The summed E-state index contributed by atoms with van der Waals surface area (Å²) in [7, 11) is 1.65. The summed E-state index contributed by atoms with van der Waals surface area (Å²) in [6, 6.07) is 15.3. The number of hydrogen-bond donors (Lipinski definition) is 2. The molecule has 0 aliphatic carbocycles. The van der Waals surface area contributed by atoms with Gasteiger partial charge in [-0.2, -0.15) is 0 Å². The van der Waals surface area contributed by atoms with Crippen LogP contribution in [-0.2, 0) is 17.6 Å². The molecule has 0 aliphatic heterocycles. The molecule has 0 amide bonds. The van der Waals surface area contributed by atoms with Crippen LogP contribution in [0.2, 0.25) is 0 Å². The van der Waals surface area contributed by atoms with Crippen molar-refractivity contribution in [3.63, 3.8) is 0 Å². The summed E-state index contributed by atoms with van der Waals surface area (Å²) in [6.45, 7) is 0. The topological polar surface area (TPSA) is 81.0 Å². The van der Waals surface area contributed by atoms with Gasteiger partial charge in [-0.3, -0.25) is 4.79 Å². The number of ether oxygens (including phenoxy) is 1. The molecule has 3 aromatic rings. The highest BCUT2D eigenvalue weighted by atomic mass is 16.5. The average Bonchev–Trinajstić information content (AvgIpc) is 3.15. The van der Waals surface area contributed by atoms with Crippen LogP contribution in [0, 0.1) is 0 Å². The van der Waals surface area contributed by atoms with Crippen LogP contribution in [0.25, 0.3) is 11.1 Å². The highest BCUT2D eigenvalue weighted by Gasteiger charge is 2.15. The lowest BCUT2D eigenvalue weighted by Gasteiger charge is -2.10. The summed E-state index contributed by atoms with van der Waals surface area (Å²) in [4.78, 5) is 19.2. The third kappa shape index (κ3) is 4.33. The van der Waals surface area contributed by atoms with E-state index < -0.39 is 6.04 Å². The van der Waals surface area contributed by atoms with Crippen molar-refractivity contribution in [1.82, 2.24) is 9.97 Å². The number of H-pyrrole nitrogens is 1. The van der Waals surface area contributed by atoms with E-state index in [2.05, 4.69) is 9.97 Å². The fourth-order valence-corrected chi connectivity index (χ4v) is 2.68. The van der Waals surface area contributed by atoms with E-state index in [1.807, 2.05) is 48.5 Å². The third-order valence-corrected chi connectivity index (χ3v) is 4.16. The van der Waals surface area contributed by atoms with Gasteiger partial charge in [-0.25, -0.2) is 4.98 Å². The fraction of sp³-hybridized carbons (Fsp3) is 0.200. The second-order valence-corrected chi connectivity index (χ2v) is 5.96. The van der Waals surface area contributed by atoms with E-state index in [9.17, 15) is 4.79 Å². The summed E-state index contributed by atoms with van der Waals surface area (Å²) >= 11 is 0. The summed E-state index contributed by atoms with van der Waals surface area (Å²) in [5, 5.41) is 0. The molecule has 128 valence electrons. The largest absolute Gasteiger partial charge is 0.497 e. The van der Waals surface area contributed by atoms with E-state index in [0.717, 1.165) is 28.1 Å². The van der Waals surface area contributed by atoms with E-state index in [-0.39, 0.29) is 5.78 Å². The van der Waals surface area contributed by atoms with Gasteiger partial charge in [0, 0.05) is 24.7 Å². The lowest BCUT2D eigenvalue weighted by Crippen LogP contribution is -2.34. The van der Waals surface area contributed by atoms with Gasteiger partial charge in [0.15, 0.2) is 5.78 Å². The zero-order valence-electron chi connectivity index (χ0n) is 14.1. The SMILES string of the molecule is COc1ccc(-c2ccc(CC(=O)[C@@H](N)Cc3cnc[nH]3)cc2)cc1. The zero-order chi connectivity index (χ0) is 17.6. The van der Waals surface area contributed by atoms with Crippen molar-refractivity contribution in [3.8, 4) is 16.9 Å². The number of aromatic nitrogens is 2. The lowest BCUT2D eigenvalue weighted by molar-refractivity contribution is -0.119. The van der Waals surface area contributed by atoms with E-state index in [1.165, 1.54) is 0 Å². The molecule has 3 rings (SSSR count). The number of nitrogens with zero attached hydrogens (tertiary/aromatic N) is 1. The summed E-state index contributed by atoms with van der Waals surface area (Å²) in [5.74, 6) is 0.851. The minimum absolute atomic E-state index is 0.0202. The Morgan fingerprint density at radius 3 is 2.32 bits per heavy atom. The normalized spacial score (nSPS) is 11.9. The van der Waals surface area contributed by atoms with Gasteiger partial charge in [-0.15, -0.1) is 0 Å². The van der Waals surface area contributed by atoms with Crippen LogP contribution in [-0.4, -0.2) is 28.9 Å². The molecule has 5 heteroatoms. The number of nitrogens with two attached hydrogens (primary N) is 1. The number of hydrogen-bond acceptors (Lipinski definition) is 4. The molecule has 1 heterocycles. The van der Waals surface area contributed by atoms with Crippen molar-refractivity contribution in [2.24, 2.45) is 5.73 Å². The number of benzene rings is 2. The molecule has 0 aliphatic rings. The molecular formula is C20H21N3O2. The summed E-state index contributed by atoms with van der Waals surface area (Å²) in [6.07, 6.45) is 4.09. The van der Waals surface area contributed by atoms with Gasteiger partial charge in [0.1, 0.15) is 5.75 Å². The number of nitrogens with one attached hydrogen (secondary N) is 1. The van der Waals surface area contributed by atoms with E-state index in [0.29, 0.717) is 12.8 Å². The van der Waals surface area contributed by atoms with Crippen LogP contribution in [0.5, 0.6) is 5.75 Å². The molecule has 0 fully saturated rings. The van der Waals surface area contributed by atoms with Crippen molar-refractivity contribution in [2.75, 3.05) is 7.11 Å². The Morgan fingerprint density at radius 1 is 1.12 bits per heavy atom. The van der Waals surface area contributed by atoms with Gasteiger partial charge in [0.05, 0.1) is 19.5 Å². The van der Waals surface area contributed by atoms with Crippen LogP contribution in [0.3, 0.4) is 0 Å². The predicted molar refractivity (Wildman–Crippen MR) is 97.4 cm³/mol. The Morgan fingerprint density at radius 2 is 1.76 bits per heavy atom. The van der Waals surface area contributed by atoms with Crippen molar-refractivity contribution in [1.29, 1.82) is 0 Å². The molecule has 2 aromatic carbocycles. The summed E-state index contributed by atoms with van der Waals surface area (Å²) < 4.78 is 5.17. The first-order valence-corrected chi connectivity index (χ1v) is 8.14. The molecule has 0 saturated heterocycles. The number of carbonyl (C=O) groups excluding carboxylic acids is 1. The van der Waals surface area contributed by atoms with Crippen LogP contribution < -0.4 is 10.5 Å². The standard InChI is InChI=1S/C20H21N3O2/c1-25-18-8-6-16(7-9-18)15-4-2-14(3-5-15)10-20(24)19(21)11-17-12-22-13-23-17/h2-9,12-13,19H,10-11,21H2,1H3,(H,22,23)/t19-/m0/s1. The quantitative estimate of drug-likeness (QED) is 0.696. The highest BCUT2D eigenvalue weighted by molar-refractivity contribution is 5.86. The van der Waals surface area contributed by atoms with E-state index in [4.69, 9.17) is 10.5 Å². The number of aromatic amines is 1. The van der Waals surface area contributed by atoms with Gasteiger partial charge in [0.2, 0.25) is 0 Å². The molecule has 1 aromatic heterocycles. The third-order valence-electron chi connectivity index (χ3n) is 4.16. The number of ketones is 1. The number of imidazole rings is 1. The first kappa shape index (κ1) is 16.9. The fourth-order valence-electron chi connectivity index (χ4n) is 2.68. The van der Waals surface area contributed by atoms with Gasteiger partial charge in [-0.1, -0.05) is 36.4 Å². The Balaban J connectivity index is 1.62. The van der Waals surface area contributed by atoms with Crippen molar-refractivity contribution < 1.29 is 9.53 Å². The van der Waals surface area contributed by atoms with Gasteiger partial charge in [0.25, 0.3) is 0 Å². The maximum Gasteiger partial charge on any atom is 0.154 e. The Bertz CT molecular complexity index is 809. The Kier molecular flexibility index (Phi) is 5.26. The number of rotatable bonds is 7. The van der Waals surface area contributed by atoms with Crippen molar-refractivity contribution in [3.05, 3.63) is 72.3 Å². The lowest BCUT2D eigenvalue weighted by atomic mass is 9.98. The van der Waals surface area contributed by atoms with E-state index in [1.54, 1.807) is 19.6 Å². The van der Waals surface area contributed by atoms with Crippen LogP contribution in [0.4, 0.5) is 0 Å². The Hall–Kier alpha value is -2.92. The first-order valence-electron chi connectivity index (χ1n) is 8.14. The monoisotopic (exact) mass is 335 g/mol. The average molecular weight is 335 g/mol. The van der Waals surface area contributed by atoms with Crippen LogP contribution in [0.1, 0.15) is 11.3 Å². The second kappa shape index (κ2) is 7.77.